The predicted molar refractivity (Wildman–Crippen MR) is 76.5 cm³/mol. The first-order valence-electron chi connectivity index (χ1n) is 5.99. The van der Waals surface area contributed by atoms with Crippen LogP contribution in [0.1, 0.15) is 18.3 Å². The van der Waals surface area contributed by atoms with Crippen LogP contribution in [0.3, 0.4) is 0 Å². The number of fused-ring (bicyclic) bond motifs is 3. The van der Waals surface area contributed by atoms with Crippen molar-refractivity contribution >= 4 is 29.0 Å². The largest absolute Gasteiger partial charge is 0.313 e. The van der Waals surface area contributed by atoms with Crippen molar-refractivity contribution in [2.75, 3.05) is 0 Å². The van der Waals surface area contributed by atoms with E-state index in [2.05, 4.69) is 32.7 Å². The molecule has 3 heteroatoms. The Morgan fingerprint density at radius 2 is 2.00 bits per heavy atom. The van der Waals surface area contributed by atoms with E-state index in [9.17, 15) is 0 Å². The highest BCUT2D eigenvalue weighted by Gasteiger charge is 2.15. The van der Waals surface area contributed by atoms with Gasteiger partial charge in [-0.3, -0.25) is 4.40 Å². The van der Waals surface area contributed by atoms with Crippen LogP contribution < -0.4 is 0 Å². The summed E-state index contributed by atoms with van der Waals surface area (Å²) in [7, 11) is 2.02. The van der Waals surface area contributed by atoms with E-state index in [0.717, 1.165) is 28.2 Å². The molecule has 3 aromatic rings. The molecule has 3 nitrogen and oxygen atoms in total. The van der Waals surface area contributed by atoms with Crippen molar-refractivity contribution in [2.45, 2.75) is 6.92 Å². The zero-order valence-corrected chi connectivity index (χ0v) is 10.6. The number of hydrogen-bond donors (Lipinski definition) is 0. The van der Waals surface area contributed by atoms with Gasteiger partial charge in [-0.1, -0.05) is 24.8 Å². The lowest BCUT2D eigenvalue weighted by atomic mass is 10.2. The summed E-state index contributed by atoms with van der Waals surface area (Å²) in [6, 6.07) is 8.18. The first-order valence-corrected chi connectivity index (χ1v) is 5.99. The van der Waals surface area contributed by atoms with E-state index in [-0.39, 0.29) is 0 Å². The van der Waals surface area contributed by atoms with Crippen LogP contribution >= 0.6 is 0 Å². The third-order valence-electron chi connectivity index (χ3n) is 3.23. The van der Waals surface area contributed by atoms with Gasteiger partial charge < -0.3 is 4.57 Å². The molecule has 0 atom stereocenters. The number of benzene rings is 1. The van der Waals surface area contributed by atoms with Gasteiger partial charge in [-0.15, -0.1) is 0 Å². The first-order chi connectivity index (χ1) is 8.77. The van der Waals surface area contributed by atoms with Crippen molar-refractivity contribution in [1.82, 2.24) is 14.0 Å². The second-order valence-electron chi connectivity index (χ2n) is 4.27. The van der Waals surface area contributed by atoms with Gasteiger partial charge in [-0.25, -0.2) is 4.98 Å². The van der Waals surface area contributed by atoms with E-state index in [0.29, 0.717) is 0 Å². The highest BCUT2D eigenvalue weighted by Crippen LogP contribution is 2.24. The molecule has 0 aliphatic rings. The van der Waals surface area contributed by atoms with Crippen molar-refractivity contribution in [3.8, 4) is 0 Å². The van der Waals surface area contributed by atoms with Gasteiger partial charge in [-0.2, -0.15) is 0 Å². The second-order valence-corrected chi connectivity index (χ2v) is 4.27. The van der Waals surface area contributed by atoms with E-state index < -0.39 is 0 Å². The van der Waals surface area contributed by atoms with Gasteiger partial charge in [0.15, 0.2) is 0 Å². The number of nitrogens with zero attached hydrogens (tertiary/aromatic N) is 3. The van der Waals surface area contributed by atoms with Gasteiger partial charge >= 0.3 is 0 Å². The van der Waals surface area contributed by atoms with Gasteiger partial charge in [-0.05, 0) is 31.2 Å². The molecule has 0 bridgehead atoms. The molecular formula is C15H15N3. The number of aromatic nitrogens is 3. The molecule has 0 N–H and O–H groups in total. The quantitative estimate of drug-likeness (QED) is 0.668. The van der Waals surface area contributed by atoms with Gasteiger partial charge in [0.05, 0.1) is 22.4 Å². The second kappa shape index (κ2) is 3.88. The maximum atomic E-state index is 4.67. The van der Waals surface area contributed by atoms with Crippen molar-refractivity contribution in [2.24, 2.45) is 7.05 Å². The number of imidazole rings is 2. The van der Waals surface area contributed by atoms with E-state index in [1.54, 1.807) is 0 Å². The summed E-state index contributed by atoms with van der Waals surface area (Å²) in [6.07, 6.45) is 6.01. The molecule has 2 aromatic heterocycles. The van der Waals surface area contributed by atoms with Crippen LogP contribution in [0.4, 0.5) is 0 Å². The zero-order chi connectivity index (χ0) is 12.7. The van der Waals surface area contributed by atoms with Crippen LogP contribution in [-0.2, 0) is 7.05 Å². The van der Waals surface area contributed by atoms with Gasteiger partial charge in [0, 0.05) is 7.05 Å². The third-order valence-corrected chi connectivity index (χ3v) is 3.23. The smallest absolute Gasteiger partial charge is 0.215 e. The molecule has 1 aromatic carbocycles. The average molecular weight is 237 g/mol. The van der Waals surface area contributed by atoms with Crippen LogP contribution in [-0.4, -0.2) is 14.0 Å². The minimum absolute atomic E-state index is 0.944. The third kappa shape index (κ3) is 1.27. The van der Waals surface area contributed by atoms with Crippen molar-refractivity contribution in [1.29, 1.82) is 0 Å². The summed E-state index contributed by atoms with van der Waals surface area (Å²) >= 11 is 0. The summed E-state index contributed by atoms with van der Waals surface area (Å²) in [5, 5.41) is 0. The highest BCUT2D eigenvalue weighted by atomic mass is 15.2. The van der Waals surface area contributed by atoms with Crippen LogP contribution in [0.25, 0.3) is 29.0 Å². The summed E-state index contributed by atoms with van der Waals surface area (Å²) in [6.45, 7) is 5.91. The lowest BCUT2D eigenvalue weighted by Crippen LogP contribution is -1.91. The Kier molecular flexibility index (Phi) is 2.33. The van der Waals surface area contributed by atoms with Crippen LogP contribution in [0.2, 0.25) is 0 Å². The van der Waals surface area contributed by atoms with Gasteiger partial charge in [0.25, 0.3) is 0 Å². The normalized spacial score (nSPS) is 11.9. The Morgan fingerprint density at radius 1 is 1.22 bits per heavy atom. The monoisotopic (exact) mass is 237 g/mol. The van der Waals surface area contributed by atoms with Crippen LogP contribution in [0.5, 0.6) is 0 Å². The fourth-order valence-corrected chi connectivity index (χ4v) is 2.43. The minimum atomic E-state index is 0.944. The fraction of sp³-hybridized carbons (Fsp3) is 0.133. The zero-order valence-electron chi connectivity index (χ0n) is 10.6. The Balaban J connectivity index is 2.57. The summed E-state index contributed by atoms with van der Waals surface area (Å²) < 4.78 is 4.24. The molecule has 2 heterocycles. The Bertz CT molecular complexity index is 772. The standard InChI is InChI=1S/C15H15N3/c1-4-8-14-12(5-2)17(3)15-16-11-9-6-7-10-13(11)18(14)15/h4-10H,2H2,1,3H3/b8-4-. The minimum Gasteiger partial charge on any atom is -0.313 e. The molecule has 0 aliphatic carbocycles. The number of aryl methyl sites for hydroxylation is 1. The topological polar surface area (TPSA) is 22.2 Å². The average Bonchev–Trinajstić information content (AvgIpc) is 2.87. The molecule has 0 fully saturated rings. The Morgan fingerprint density at radius 3 is 2.72 bits per heavy atom. The van der Waals surface area contributed by atoms with Crippen LogP contribution in [0.15, 0.2) is 36.9 Å². The lowest BCUT2D eigenvalue weighted by molar-refractivity contribution is 0.929. The molecule has 0 radical (unpaired) electrons. The van der Waals surface area contributed by atoms with Crippen molar-refractivity contribution < 1.29 is 0 Å². The molecule has 0 amide bonds. The van der Waals surface area contributed by atoms with Gasteiger partial charge in [0.1, 0.15) is 0 Å². The summed E-state index contributed by atoms with van der Waals surface area (Å²) in [5.74, 6) is 0.944. The maximum absolute atomic E-state index is 4.67. The highest BCUT2D eigenvalue weighted by molar-refractivity contribution is 5.83. The summed E-state index contributed by atoms with van der Waals surface area (Å²) in [4.78, 5) is 4.67. The molecule has 0 spiro atoms. The SMILES string of the molecule is C=Cc1c(/C=C\C)n2c3ccccc3nc2n1C. The molecular weight excluding hydrogens is 222 g/mol. The number of hydrogen-bond acceptors (Lipinski definition) is 1. The molecule has 0 aliphatic heterocycles. The van der Waals surface area contributed by atoms with Gasteiger partial charge in [0.2, 0.25) is 5.78 Å². The maximum Gasteiger partial charge on any atom is 0.215 e. The fourth-order valence-electron chi connectivity index (χ4n) is 2.43. The number of allylic oxidation sites excluding steroid dienone is 1. The molecule has 0 saturated heterocycles. The molecule has 18 heavy (non-hydrogen) atoms. The number of para-hydroxylation sites is 2. The Labute approximate surface area is 106 Å². The van der Waals surface area contributed by atoms with E-state index in [1.807, 2.05) is 44.3 Å². The van der Waals surface area contributed by atoms with Crippen molar-refractivity contribution in [3.63, 3.8) is 0 Å². The molecule has 0 saturated carbocycles. The predicted octanol–water partition coefficient (Wildman–Crippen LogP) is 3.50. The van der Waals surface area contributed by atoms with Crippen molar-refractivity contribution in [3.05, 3.63) is 48.3 Å². The summed E-state index contributed by atoms with van der Waals surface area (Å²) in [5.41, 5.74) is 4.36. The van der Waals surface area contributed by atoms with E-state index in [1.165, 1.54) is 0 Å². The number of rotatable bonds is 2. The van der Waals surface area contributed by atoms with E-state index >= 15 is 0 Å². The molecule has 0 unspecified atom stereocenters. The lowest BCUT2D eigenvalue weighted by Gasteiger charge is -1.98. The van der Waals surface area contributed by atoms with E-state index in [4.69, 9.17) is 0 Å². The molecule has 3 rings (SSSR count). The molecule has 90 valence electrons. The van der Waals surface area contributed by atoms with Crippen LogP contribution in [0, 0.1) is 0 Å². The Hall–Kier alpha value is -2.29. The first kappa shape index (κ1) is 10.8.